The molecule has 0 radical (unpaired) electrons. The van der Waals surface area contributed by atoms with Gasteiger partial charge in [0.15, 0.2) is 17.5 Å². The van der Waals surface area contributed by atoms with Gasteiger partial charge in [-0.15, -0.1) is 0 Å². The van der Waals surface area contributed by atoms with Crippen molar-refractivity contribution in [3.63, 3.8) is 0 Å². The fourth-order valence-electron chi connectivity index (χ4n) is 8.05. The van der Waals surface area contributed by atoms with E-state index < -0.39 is 0 Å². The summed E-state index contributed by atoms with van der Waals surface area (Å²) in [5, 5.41) is 8.23. The number of allylic oxidation sites excluding steroid dienone is 4. The zero-order chi connectivity index (χ0) is 34.2. The molecule has 52 heavy (non-hydrogen) atoms. The SMILES string of the molecule is C1=CC2C=c3c(n(-c4ccc5c(c4)oc4cccc(-c6nc(-c7ccccc7)nc(-c7ccccc7)n6)c45)c4cc5ccccc5cc34)=CC2C=C1. The number of aromatic nitrogens is 4. The molecule has 9 aromatic rings. The highest BCUT2D eigenvalue weighted by atomic mass is 16.3. The van der Waals surface area contributed by atoms with E-state index in [0.717, 1.165) is 44.3 Å². The predicted octanol–water partition coefficient (Wildman–Crippen LogP) is 9.80. The van der Waals surface area contributed by atoms with Crippen LogP contribution < -0.4 is 10.6 Å². The Hall–Kier alpha value is -6.85. The molecule has 5 nitrogen and oxygen atoms in total. The third-order valence-corrected chi connectivity index (χ3v) is 10.5. The summed E-state index contributed by atoms with van der Waals surface area (Å²) in [6.45, 7) is 0. The first kappa shape index (κ1) is 28.9. The van der Waals surface area contributed by atoms with E-state index in [1.165, 1.54) is 32.2 Å². The molecule has 2 aliphatic rings. The predicted molar refractivity (Wildman–Crippen MR) is 211 cm³/mol. The van der Waals surface area contributed by atoms with Gasteiger partial charge in [0.05, 0.1) is 10.9 Å². The molecule has 0 aliphatic heterocycles. The Bertz CT molecular complexity index is 3020. The van der Waals surface area contributed by atoms with Gasteiger partial charge in [-0.05, 0) is 41.1 Å². The molecule has 11 rings (SSSR count). The number of fused-ring (bicyclic) bond motifs is 8. The largest absolute Gasteiger partial charge is 0.456 e. The molecule has 2 atom stereocenters. The van der Waals surface area contributed by atoms with Crippen LogP contribution in [0.2, 0.25) is 0 Å². The molecule has 3 heterocycles. The minimum atomic E-state index is 0.314. The lowest BCUT2D eigenvalue weighted by molar-refractivity contribution is 0.668. The highest BCUT2D eigenvalue weighted by molar-refractivity contribution is 6.12. The van der Waals surface area contributed by atoms with E-state index >= 15 is 0 Å². The van der Waals surface area contributed by atoms with Crippen molar-refractivity contribution >= 4 is 55.8 Å². The molecule has 0 spiro atoms. The van der Waals surface area contributed by atoms with Crippen LogP contribution in [0.3, 0.4) is 0 Å². The Labute approximate surface area is 298 Å². The van der Waals surface area contributed by atoms with Crippen LogP contribution in [-0.4, -0.2) is 19.5 Å². The van der Waals surface area contributed by atoms with Gasteiger partial charge in [0.25, 0.3) is 0 Å². The smallest absolute Gasteiger partial charge is 0.164 e. The van der Waals surface area contributed by atoms with E-state index in [1.807, 2.05) is 72.8 Å². The van der Waals surface area contributed by atoms with E-state index in [4.69, 9.17) is 19.4 Å². The molecule has 0 saturated heterocycles. The average molecular weight is 667 g/mol. The Balaban J connectivity index is 1.13. The van der Waals surface area contributed by atoms with Crippen molar-refractivity contribution in [2.45, 2.75) is 0 Å². The summed E-state index contributed by atoms with van der Waals surface area (Å²) in [6, 6.07) is 46.2. The van der Waals surface area contributed by atoms with Crippen molar-refractivity contribution in [2.75, 3.05) is 0 Å². The first-order valence-corrected chi connectivity index (χ1v) is 17.7. The van der Waals surface area contributed by atoms with Gasteiger partial charge in [-0.1, -0.05) is 134 Å². The van der Waals surface area contributed by atoms with Crippen LogP contribution in [0.4, 0.5) is 0 Å². The van der Waals surface area contributed by atoms with Crippen molar-refractivity contribution in [1.82, 2.24) is 19.5 Å². The van der Waals surface area contributed by atoms with Gasteiger partial charge in [0, 0.05) is 61.7 Å². The molecular formula is C47H30N4O. The van der Waals surface area contributed by atoms with Gasteiger partial charge in [0.1, 0.15) is 11.2 Å². The number of nitrogens with zero attached hydrogens (tertiary/aromatic N) is 4. The average Bonchev–Trinajstić information content (AvgIpc) is 3.73. The summed E-state index contributed by atoms with van der Waals surface area (Å²) >= 11 is 0. The zero-order valence-electron chi connectivity index (χ0n) is 28.0. The maximum absolute atomic E-state index is 6.67. The van der Waals surface area contributed by atoms with Crippen molar-refractivity contribution in [3.05, 3.63) is 168 Å². The van der Waals surface area contributed by atoms with E-state index in [-0.39, 0.29) is 0 Å². The lowest BCUT2D eigenvalue weighted by atomic mass is 9.84. The first-order valence-electron chi connectivity index (χ1n) is 17.7. The Morgan fingerprint density at radius 2 is 1.17 bits per heavy atom. The second-order valence-corrected chi connectivity index (χ2v) is 13.6. The van der Waals surface area contributed by atoms with Gasteiger partial charge in [-0.2, -0.15) is 0 Å². The van der Waals surface area contributed by atoms with E-state index in [0.29, 0.717) is 29.3 Å². The van der Waals surface area contributed by atoms with E-state index in [2.05, 4.69) is 102 Å². The molecular weight excluding hydrogens is 637 g/mol. The summed E-state index contributed by atoms with van der Waals surface area (Å²) in [5.41, 5.74) is 6.63. The third kappa shape index (κ3) is 4.53. The molecule has 2 aliphatic carbocycles. The van der Waals surface area contributed by atoms with Crippen molar-refractivity contribution < 1.29 is 4.42 Å². The van der Waals surface area contributed by atoms with Gasteiger partial charge in [-0.3, -0.25) is 0 Å². The number of hydrogen-bond donors (Lipinski definition) is 0. The number of benzene rings is 6. The molecule has 0 fully saturated rings. The van der Waals surface area contributed by atoms with Gasteiger partial charge in [-0.25, -0.2) is 15.0 Å². The molecule has 2 unspecified atom stereocenters. The van der Waals surface area contributed by atoms with Crippen LogP contribution in [0.5, 0.6) is 0 Å². The van der Waals surface area contributed by atoms with Crippen LogP contribution in [0.1, 0.15) is 0 Å². The Morgan fingerprint density at radius 3 is 1.90 bits per heavy atom. The number of hydrogen-bond acceptors (Lipinski definition) is 4. The summed E-state index contributed by atoms with van der Waals surface area (Å²) in [6.07, 6.45) is 13.8. The van der Waals surface area contributed by atoms with Crippen LogP contribution in [0, 0.1) is 11.8 Å². The fraction of sp³-hybridized carbons (Fsp3) is 0.0426. The topological polar surface area (TPSA) is 56.7 Å². The molecule has 5 heteroatoms. The molecule has 0 bridgehead atoms. The van der Waals surface area contributed by atoms with Crippen molar-refractivity contribution in [2.24, 2.45) is 11.8 Å². The van der Waals surface area contributed by atoms with Crippen LogP contribution in [0.25, 0.3) is 95.6 Å². The molecule has 3 aromatic heterocycles. The zero-order valence-corrected chi connectivity index (χ0v) is 28.0. The van der Waals surface area contributed by atoms with E-state index in [1.54, 1.807) is 0 Å². The minimum Gasteiger partial charge on any atom is -0.456 e. The highest BCUT2D eigenvalue weighted by Gasteiger charge is 2.23. The summed E-state index contributed by atoms with van der Waals surface area (Å²) in [4.78, 5) is 15.0. The fourth-order valence-corrected chi connectivity index (χ4v) is 8.05. The van der Waals surface area contributed by atoms with E-state index in [9.17, 15) is 0 Å². The molecule has 6 aromatic carbocycles. The maximum atomic E-state index is 6.67. The van der Waals surface area contributed by atoms with Crippen LogP contribution in [0.15, 0.2) is 162 Å². The molecule has 0 amide bonds. The third-order valence-electron chi connectivity index (χ3n) is 10.5. The van der Waals surface area contributed by atoms with Crippen LogP contribution >= 0.6 is 0 Å². The van der Waals surface area contributed by atoms with Crippen molar-refractivity contribution in [1.29, 1.82) is 0 Å². The Morgan fingerprint density at radius 1 is 0.519 bits per heavy atom. The van der Waals surface area contributed by atoms with Crippen molar-refractivity contribution in [3.8, 4) is 39.9 Å². The molecule has 244 valence electrons. The second-order valence-electron chi connectivity index (χ2n) is 13.6. The lowest BCUT2D eigenvalue weighted by Crippen LogP contribution is -2.35. The molecule has 0 saturated carbocycles. The molecule has 0 N–H and O–H groups in total. The number of furan rings is 1. The quantitative estimate of drug-likeness (QED) is 0.188. The summed E-state index contributed by atoms with van der Waals surface area (Å²) in [5.74, 6) is 2.53. The minimum absolute atomic E-state index is 0.314. The number of rotatable bonds is 4. The monoisotopic (exact) mass is 666 g/mol. The normalized spacial score (nSPS) is 16.2. The maximum Gasteiger partial charge on any atom is 0.164 e. The Kier molecular flexibility index (Phi) is 6.31. The van der Waals surface area contributed by atoms with Gasteiger partial charge in [0.2, 0.25) is 0 Å². The second kappa shape index (κ2) is 11.3. The lowest BCUT2D eigenvalue weighted by Gasteiger charge is -2.20. The van der Waals surface area contributed by atoms with Gasteiger partial charge >= 0.3 is 0 Å². The first-order chi connectivity index (χ1) is 25.7. The van der Waals surface area contributed by atoms with Crippen LogP contribution in [-0.2, 0) is 0 Å². The summed E-state index contributed by atoms with van der Waals surface area (Å²) in [7, 11) is 0. The highest BCUT2D eigenvalue weighted by Crippen LogP contribution is 2.38. The van der Waals surface area contributed by atoms with Gasteiger partial charge < -0.3 is 8.98 Å². The summed E-state index contributed by atoms with van der Waals surface area (Å²) < 4.78 is 9.08. The standard InChI is InChI=1S/C47H30N4O/c1-3-12-29(13-4-1)45-48-46(30-14-5-2-6-15-30)50-47(49-45)37-20-11-21-42-44(37)36-23-22-35(28-43(36)52-42)51-40-26-33-18-9-7-16-31(33)24-38(40)39-25-32-17-8-10-19-34(32)27-41(39)51/h1-28,31,33H.